The van der Waals surface area contributed by atoms with Crippen molar-refractivity contribution in [1.82, 2.24) is 20.5 Å². The summed E-state index contributed by atoms with van der Waals surface area (Å²) in [6.07, 6.45) is 15.1. The van der Waals surface area contributed by atoms with E-state index in [2.05, 4.69) is 23.6 Å². The van der Waals surface area contributed by atoms with Gasteiger partial charge in [0.25, 0.3) is 0 Å². The van der Waals surface area contributed by atoms with Crippen molar-refractivity contribution in [3.8, 4) is 11.5 Å². The van der Waals surface area contributed by atoms with E-state index in [0.29, 0.717) is 112 Å². The molecule has 3 aromatic rings. The number of nitrogens with one attached hydrogen (secondary N) is 2. The van der Waals surface area contributed by atoms with Gasteiger partial charge in [-0.3, -0.25) is 14.4 Å². The quantitative estimate of drug-likeness (QED) is 0.0449. The number of rotatable bonds is 26. The van der Waals surface area contributed by atoms with Crippen molar-refractivity contribution >= 4 is 28.9 Å². The number of aromatic nitrogens is 1. The average molecular weight is 1000 g/mol. The third-order valence-corrected chi connectivity index (χ3v) is 17.7. The van der Waals surface area contributed by atoms with Crippen molar-refractivity contribution < 1.29 is 48.3 Å². The van der Waals surface area contributed by atoms with Crippen LogP contribution < -0.4 is 15.4 Å². The second kappa shape index (κ2) is 25.8. The van der Waals surface area contributed by atoms with Gasteiger partial charge in [0.2, 0.25) is 17.6 Å². The molecule has 390 valence electrons. The van der Waals surface area contributed by atoms with Crippen LogP contribution in [0.2, 0.25) is 0 Å². The Hall–Kier alpha value is -3.96. The maximum absolute atomic E-state index is 14.2. The highest BCUT2D eigenvalue weighted by molar-refractivity contribution is 7.10. The van der Waals surface area contributed by atoms with Crippen LogP contribution in [0, 0.1) is 29.1 Å². The highest BCUT2D eigenvalue weighted by atomic mass is 32.1. The Labute approximate surface area is 425 Å². The van der Waals surface area contributed by atoms with Crippen LogP contribution in [0.4, 0.5) is 0 Å². The molecular formula is C56H80N4O10S. The van der Waals surface area contributed by atoms with E-state index in [-0.39, 0.29) is 41.1 Å². The van der Waals surface area contributed by atoms with Gasteiger partial charge in [-0.25, -0.2) is 4.98 Å². The number of aromatic hydroxyl groups is 1. The van der Waals surface area contributed by atoms with Crippen molar-refractivity contribution in [2.24, 2.45) is 29.1 Å². The van der Waals surface area contributed by atoms with Crippen LogP contribution in [0.5, 0.6) is 11.5 Å². The van der Waals surface area contributed by atoms with Crippen molar-refractivity contribution in [3.05, 3.63) is 75.2 Å². The summed E-state index contributed by atoms with van der Waals surface area (Å²) in [4.78, 5) is 47.5. The first-order chi connectivity index (χ1) is 34.5. The summed E-state index contributed by atoms with van der Waals surface area (Å²) in [5.41, 5.74) is 3.60. The minimum atomic E-state index is -0.574. The highest BCUT2D eigenvalue weighted by Crippen LogP contribution is 2.62. The van der Waals surface area contributed by atoms with Gasteiger partial charge in [0.05, 0.1) is 64.4 Å². The monoisotopic (exact) mass is 1000 g/mol. The number of likely N-dealkylation sites (N-methyl/N-ethyl adjacent to an activating group) is 1. The second-order valence-electron chi connectivity index (χ2n) is 21.1. The van der Waals surface area contributed by atoms with Gasteiger partial charge in [-0.15, -0.1) is 11.3 Å². The standard InChI is InChI=1S/C56H80N4O10S/c1-37(57-3)53(64)59-51(38-11-5-4-6-12-38)55(65)60-23-10-16-48(60)54-58-47(36-71-54)52(63)40-14-9-15-43(35-40)70-32-31-69-30-29-68-28-27-67-26-25-66-24-8-7-13-39-33-41-34-42(61)17-18-44(41)45-21-22-56(2)46(50(39)45)19-20-49(56)62/h9,14-15,17-18,34-39,45-46,48-51,57,61-62H,4-8,10-13,16,19-33H2,1-3H3,(H,59,64)/t37-,39+,45?,46?,48-,49?,50?,51-,56-/m0/s1. The molecule has 4 N–H and O–H groups in total. The topological polar surface area (TPSA) is 178 Å². The van der Waals surface area contributed by atoms with Gasteiger partial charge in [0.15, 0.2) is 0 Å². The summed E-state index contributed by atoms with van der Waals surface area (Å²) in [6, 6.07) is 11.9. The molecule has 15 heteroatoms. The number of aliphatic hydroxyl groups excluding tert-OH is 1. The zero-order valence-electron chi connectivity index (χ0n) is 42.5. The number of hydrogen-bond donors (Lipinski definition) is 4. The summed E-state index contributed by atoms with van der Waals surface area (Å²) >= 11 is 1.40. The molecule has 71 heavy (non-hydrogen) atoms. The molecule has 0 bridgehead atoms. The van der Waals surface area contributed by atoms with Crippen LogP contribution >= 0.6 is 11.3 Å². The molecule has 4 fully saturated rings. The fourth-order valence-electron chi connectivity index (χ4n) is 12.8. The number of nitrogens with zero attached hydrogens (tertiary/aromatic N) is 2. The zero-order valence-corrected chi connectivity index (χ0v) is 43.3. The number of carbonyl (C=O) groups excluding carboxylic acids is 3. The van der Waals surface area contributed by atoms with Gasteiger partial charge in [-0.05, 0) is 155 Å². The van der Waals surface area contributed by atoms with Crippen molar-refractivity contribution in [3.63, 3.8) is 0 Å². The van der Waals surface area contributed by atoms with Gasteiger partial charge < -0.3 is 49.4 Å². The van der Waals surface area contributed by atoms with E-state index in [0.717, 1.165) is 101 Å². The Bertz CT molecular complexity index is 2200. The van der Waals surface area contributed by atoms with Crippen molar-refractivity contribution in [2.75, 3.05) is 73.1 Å². The summed E-state index contributed by atoms with van der Waals surface area (Å²) in [6.45, 7) is 9.01. The molecule has 0 spiro atoms. The number of aliphatic hydroxyl groups is 1. The van der Waals surface area contributed by atoms with Gasteiger partial charge in [-0.2, -0.15) is 0 Å². The van der Waals surface area contributed by atoms with E-state index in [9.17, 15) is 24.6 Å². The van der Waals surface area contributed by atoms with Gasteiger partial charge >= 0.3 is 0 Å². The maximum atomic E-state index is 14.2. The lowest BCUT2D eigenvalue weighted by Crippen LogP contribution is -2.55. The molecule has 3 saturated carbocycles. The predicted molar refractivity (Wildman–Crippen MR) is 273 cm³/mol. The number of phenols is 1. The lowest BCUT2D eigenvalue weighted by molar-refractivity contribution is -0.139. The van der Waals surface area contributed by atoms with Crippen LogP contribution in [-0.2, 0) is 35.0 Å². The molecule has 0 radical (unpaired) electrons. The lowest BCUT2D eigenvalue weighted by Gasteiger charge is -2.53. The Morgan fingerprint density at radius 2 is 1.59 bits per heavy atom. The lowest BCUT2D eigenvalue weighted by atomic mass is 9.52. The van der Waals surface area contributed by atoms with E-state index in [1.54, 1.807) is 37.6 Å². The van der Waals surface area contributed by atoms with Crippen LogP contribution in [-0.4, -0.2) is 129 Å². The fraction of sp³-hybridized carbons (Fsp3) is 0.679. The Balaban J connectivity index is 0.668. The number of likely N-dealkylation sites (tertiary alicyclic amines) is 1. The Morgan fingerprint density at radius 1 is 0.859 bits per heavy atom. The number of ether oxygens (including phenoxy) is 5. The first kappa shape index (κ1) is 53.3. The number of fused-ring (bicyclic) bond motifs is 5. The summed E-state index contributed by atoms with van der Waals surface area (Å²) in [5.74, 6) is 2.85. The number of benzene rings is 2. The van der Waals surface area contributed by atoms with E-state index in [4.69, 9.17) is 28.7 Å². The van der Waals surface area contributed by atoms with Crippen LogP contribution in [0.15, 0.2) is 47.8 Å². The van der Waals surface area contributed by atoms with Crippen LogP contribution in [0.1, 0.15) is 148 Å². The first-order valence-electron chi connectivity index (χ1n) is 26.9. The molecule has 2 heterocycles. The maximum Gasteiger partial charge on any atom is 0.246 e. The number of amides is 2. The molecule has 1 saturated heterocycles. The van der Waals surface area contributed by atoms with Crippen LogP contribution in [0.25, 0.3) is 0 Å². The number of thiazole rings is 1. The molecule has 1 aromatic heterocycles. The van der Waals surface area contributed by atoms with E-state index in [1.807, 2.05) is 23.1 Å². The first-order valence-corrected chi connectivity index (χ1v) is 27.8. The largest absolute Gasteiger partial charge is 0.508 e. The number of unbranched alkanes of at least 4 members (excludes halogenated alkanes) is 1. The molecule has 9 atom stereocenters. The summed E-state index contributed by atoms with van der Waals surface area (Å²) in [7, 11) is 1.74. The molecule has 4 aliphatic carbocycles. The van der Waals surface area contributed by atoms with Crippen LogP contribution in [0.3, 0.4) is 0 Å². The SMILES string of the molecule is CN[C@@H](C)C(=O)N[C@H](C(=O)N1CCC[C@H]1c1nc(C(=O)c2cccc(OCCOCCOCCOCCOCCCC[C@@H]3Cc4cc(O)ccc4C4CC[C@]5(C)C(O)CCC5C43)c2)cs1)C1CCCCC1. The molecule has 8 rings (SSSR count). The molecule has 2 aromatic carbocycles. The molecule has 1 aliphatic heterocycles. The third kappa shape index (κ3) is 13.2. The molecule has 5 aliphatic rings. The summed E-state index contributed by atoms with van der Waals surface area (Å²) in [5, 5.41) is 29.8. The van der Waals surface area contributed by atoms with E-state index in [1.165, 1.54) is 22.5 Å². The van der Waals surface area contributed by atoms with E-state index < -0.39 is 12.1 Å². The highest BCUT2D eigenvalue weighted by Gasteiger charge is 2.56. The third-order valence-electron chi connectivity index (χ3n) is 16.7. The predicted octanol–water partition coefficient (Wildman–Crippen LogP) is 8.18. The number of hydrogen-bond acceptors (Lipinski definition) is 13. The summed E-state index contributed by atoms with van der Waals surface area (Å²) < 4.78 is 28.9. The second-order valence-corrected chi connectivity index (χ2v) is 22.0. The minimum Gasteiger partial charge on any atom is -0.508 e. The number of ketones is 1. The minimum absolute atomic E-state index is 0.0321. The molecule has 14 nitrogen and oxygen atoms in total. The molecule has 4 unspecified atom stereocenters. The number of phenolic OH excluding ortho intramolecular Hbond substituents is 1. The number of carbonyl (C=O) groups is 3. The van der Waals surface area contributed by atoms with E-state index >= 15 is 0 Å². The molecular weight excluding hydrogens is 921 g/mol. The fourth-order valence-corrected chi connectivity index (χ4v) is 13.7. The van der Waals surface area contributed by atoms with Gasteiger partial charge in [0, 0.05) is 24.1 Å². The zero-order chi connectivity index (χ0) is 49.7. The smallest absolute Gasteiger partial charge is 0.246 e. The Morgan fingerprint density at radius 3 is 2.34 bits per heavy atom. The van der Waals surface area contributed by atoms with Gasteiger partial charge in [-0.1, -0.05) is 50.8 Å². The average Bonchev–Trinajstić information content (AvgIpc) is 4.15. The van der Waals surface area contributed by atoms with Gasteiger partial charge in [0.1, 0.15) is 34.8 Å². The normalized spacial score (nSPS) is 26.1. The Kier molecular flexibility index (Phi) is 19.4. The van der Waals surface area contributed by atoms with Crippen molar-refractivity contribution in [2.45, 2.75) is 140 Å². The molecule has 2 amide bonds. The van der Waals surface area contributed by atoms with Crippen molar-refractivity contribution in [1.29, 1.82) is 0 Å².